The third-order valence-electron chi connectivity index (χ3n) is 2.64. The molecule has 0 fully saturated rings. The Hall–Kier alpha value is -1.32. The highest BCUT2D eigenvalue weighted by molar-refractivity contribution is 5.21. The van der Waals surface area contributed by atoms with E-state index in [0.29, 0.717) is 17.8 Å². The lowest BCUT2D eigenvalue weighted by Crippen LogP contribution is -2.04. The first-order valence-electron chi connectivity index (χ1n) is 5.72. The Bertz CT molecular complexity index is 307. The third-order valence-corrected chi connectivity index (χ3v) is 2.64. The second-order valence-corrected chi connectivity index (χ2v) is 3.72. The van der Waals surface area contributed by atoms with Crippen LogP contribution in [-0.2, 0) is 0 Å². The number of rotatable bonds is 6. The first-order chi connectivity index (χ1) is 7.74. The standard InChI is InChI=1S/C12H20N2O2/c1-5-7-9(6-2)10-8-11(15-3)14-12(13-10)16-4/h8-9H,5-7H2,1-4H3. The summed E-state index contributed by atoms with van der Waals surface area (Å²) in [5, 5.41) is 0. The van der Waals surface area contributed by atoms with E-state index in [2.05, 4.69) is 23.8 Å². The zero-order valence-corrected chi connectivity index (χ0v) is 10.5. The van der Waals surface area contributed by atoms with Crippen LogP contribution >= 0.6 is 0 Å². The highest BCUT2D eigenvalue weighted by atomic mass is 16.5. The lowest BCUT2D eigenvalue weighted by molar-refractivity contribution is 0.347. The lowest BCUT2D eigenvalue weighted by atomic mass is 9.97. The van der Waals surface area contributed by atoms with E-state index in [1.165, 1.54) is 0 Å². The molecule has 90 valence electrons. The molecule has 0 aromatic carbocycles. The summed E-state index contributed by atoms with van der Waals surface area (Å²) in [5.74, 6) is 1.02. The molecule has 1 heterocycles. The molecule has 0 N–H and O–H groups in total. The molecule has 16 heavy (non-hydrogen) atoms. The van der Waals surface area contributed by atoms with Crippen molar-refractivity contribution >= 4 is 0 Å². The Morgan fingerprint density at radius 1 is 1.19 bits per heavy atom. The predicted octanol–water partition coefficient (Wildman–Crippen LogP) is 2.79. The summed E-state index contributed by atoms with van der Waals surface area (Å²) in [6, 6.07) is 2.27. The quantitative estimate of drug-likeness (QED) is 0.745. The van der Waals surface area contributed by atoms with Crippen molar-refractivity contribution in [2.45, 2.75) is 39.0 Å². The van der Waals surface area contributed by atoms with Gasteiger partial charge in [-0.3, -0.25) is 0 Å². The molecule has 0 radical (unpaired) electrons. The van der Waals surface area contributed by atoms with Crippen molar-refractivity contribution in [2.24, 2.45) is 0 Å². The molecule has 0 aliphatic carbocycles. The van der Waals surface area contributed by atoms with Crippen LogP contribution in [0.25, 0.3) is 0 Å². The Morgan fingerprint density at radius 3 is 2.44 bits per heavy atom. The van der Waals surface area contributed by atoms with Gasteiger partial charge in [0.15, 0.2) is 0 Å². The fourth-order valence-electron chi connectivity index (χ4n) is 1.74. The zero-order valence-electron chi connectivity index (χ0n) is 10.5. The number of hydrogen-bond acceptors (Lipinski definition) is 4. The van der Waals surface area contributed by atoms with Gasteiger partial charge in [-0.05, 0) is 12.8 Å². The van der Waals surface area contributed by atoms with Gasteiger partial charge in [0.25, 0.3) is 0 Å². The Morgan fingerprint density at radius 2 is 1.94 bits per heavy atom. The average molecular weight is 224 g/mol. The average Bonchev–Trinajstić information content (AvgIpc) is 2.35. The Kier molecular flexibility index (Phi) is 5.02. The summed E-state index contributed by atoms with van der Waals surface area (Å²) < 4.78 is 10.2. The normalized spacial score (nSPS) is 12.2. The fraction of sp³-hybridized carbons (Fsp3) is 0.667. The van der Waals surface area contributed by atoms with Gasteiger partial charge in [0.1, 0.15) is 0 Å². The van der Waals surface area contributed by atoms with Crippen molar-refractivity contribution in [2.75, 3.05) is 14.2 Å². The van der Waals surface area contributed by atoms with E-state index in [-0.39, 0.29) is 0 Å². The van der Waals surface area contributed by atoms with E-state index in [4.69, 9.17) is 9.47 Å². The maximum Gasteiger partial charge on any atom is 0.319 e. The van der Waals surface area contributed by atoms with Gasteiger partial charge in [-0.1, -0.05) is 20.3 Å². The van der Waals surface area contributed by atoms with Gasteiger partial charge in [-0.2, -0.15) is 9.97 Å². The molecule has 0 amide bonds. The Balaban J connectivity index is 3.00. The maximum atomic E-state index is 5.14. The molecule has 1 unspecified atom stereocenters. The lowest BCUT2D eigenvalue weighted by Gasteiger charge is -2.14. The first kappa shape index (κ1) is 12.7. The molecule has 4 nitrogen and oxygen atoms in total. The second-order valence-electron chi connectivity index (χ2n) is 3.72. The summed E-state index contributed by atoms with van der Waals surface area (Å²) in [4.78, 5) is 8.47. The minimum absolute atomic E-state index is 0.379. The van der Waals surface area contributed by atoms with E-state index in [1.54, 1.807) is 14.2 Å². The Labute approximate surface area is 97.0 Å². The largest absolute Gasteiger partial charge is 0.481 e. The molecule has 0 aliphatic rings. The number of aromatic nitrogens is 2. The predicted molar refractivity (Wildman–Crippen MR) is 63.1 cm³/mol. The fourth-order valence-corrected chi connectivity index (χ4v) is 1.74. The summed E-state index contributed by atoms with van der Waals surface area (Å²) in [5.41, 5.74) is 1.01. The molecular formula is C12H20N2O2. The van der Waals surface area contributed by atoms with Gasteiger partial charge in [0.05, 0.1) is 19.9 Å². The van der Waals surface area contributed by atoms with Crippen LogP contribution in [0, 0.1) is 0 Å². The van der Waals surface area contributed by atoms with Crippen LogP contribution in [0.15, 0.2) is 6.07 Å². The van der Waals surface area contributed by atoms with Gasteiger partial charge in [0.2, 0.25) is 5.88 Å². The molecule has 0 saturated heterocycles. The van der Waals surface area contributed by atoms with Crippen molar-refractivity contribution in [1.29, 1.82) is 0 Å². The van der Waals surface area contributed by atoms with Gasteiger partial charge in [-0.15, -0.1) is 0 Å². The van der Waals surface area contributed by atoms with Crippen LogP contribution in [0.1, 0.15) is 44.7 Å². The molecule has 1 rings (SSSR count). The van der Waals surface area contributed by atoms with Gasteiger partial charge >= 0.3 is 6.01 Å². The minimum Gasteiger partial charge on any atom is -0.481 e. The number of methoxy groups -OCH3 is 2. The van der Waals surface area contributed by atoms with Gasteiger partial charge < -0.3 is 9.47 Å². The molecule has 1 aromatic heterocycles. The van der Waals surface area contributed by atoms with Crippen LogP contribution in [0.4, 0.5) is 0 Å². The molecule has 0 saturated carbocycles. The van der Waals surface area contributed by atoms with E-state index >= 15 is 0 Å². The molecule has 0 bridgehead atoms. The highest BCUT2D eigenvalue weighted by Crippen LogP contribution is 2.26. The monoisotopic (exact) mass is 224 g/mol. The van der Waals surface area contributed by atoms with Crippen LogP contribution in [0.3, 0.4) is 0 Å². The summed E-state index contributed by atoms with van der Waals surface area (Å²) in [7, 11) is 3.17. The van der Waals surface area contributed by atoms with Gasteiger partial charge in [-0.25, -0.2) is 0 Å². The van der Waals surface area contributed by atoms with Crippen molar-refractivity contribution in [3.05, 3.63) is 11.8 Å². The zero-order chi connectivity index (χ0) is 12.0. The van der Waals surface area contributed by atoms with Crippen LogP contribution < -0.4 is 9.47 Å². The van der Waals surface area contributed by atoms with Crippen LogP contribution in [0.2, 0.25) is 0 Å². The van der Waals surface area contributed by atoms with Crippen molar-refractivity contribution in [1.82, 2.24) is 9.97 Å². The topological polar surface area (TPSA) is 44.2 Å². The van der Waals surface area contributed by atoms with E-state index < -0.39 is 0 Å². The smallest absolute Gasteiger partial charge is 0.319 e. The second kappa shape index (κ2) is 6.30. The van der Waals surface area contributed by atoms with Crippen molar-refractivity contribution in [3.63, 3.8) is 0 Å². The molecule has 0 spiro atoms. The van der Waals surface area contributed by atoms with Gasteiger partial charge in [0, 0.05) is 12.0 Å². The third kappa shape index (κ3) is 3.08. The maximum absolute atomic E-state index is 5.14. The first-order valence-corrected chi connectivity index (χ1v) is 5.72. The van der Waals surface area contributed by atoms with E-state index in [0.717, 1.165) is 25.0 Å². The molecule has 1 aromatic rings. The summed E-state index contributed by atoms with van der Waals surface area (Å²) >= 11 is 0. The van der Waals surface area contributed by atoms with Crippen LogP contribution in [0.5, 0.6) is 11.9 Å². The van der Waals surface area contributed by atoms with Crippen molar-refractivity contribution < 1.29 is 9.47 Å². The minimum atomic E-state index is 0.379. The molecular weight excluding hydrogens is 204 g/mol. The number of hydrogen-bond donors (Lipinski definition) is 0. The van der Waals surface area contributed by atoms with Crippen molar-refractivity contribution in [3.8, 4) is 11.9 Å². The van der Waals surface area contributed by atoms with Crippen LogP contribution in [-0.4, -0.2) is 24.2 Å². The SMILES string of the molecule is CCCC(CC)c1cc(OC)nc(OC)n1. The molecule has 0 aliphatic heterocycles. The molecule has 1 atom stereocenters. The number of ether oxygens (including phenoxy) is 2. The number of nitrogens with zero attached hydrogens (tertiary/aromatic N) is 2. The molecule has 4 heteroatoms. The summed E-state index contributed by atoms with van der Waals surface area (Å²) in [6.07, 6.45) is 3.34. The van der Waals surface area contributed by atoms with E-state index in [1.807, 2.05) is 6.07 Å². The highest BCUT2D eigenvalue weighted by Gasteiger charge is 2.13. The summed E-state index contributed by atoms with van der Waals surface area (Å²) in [6.45, 7) is 4.35. The van der Waals surface area contributed by atoms with E-state index in [9.17, 15) is 0 Å².